The first-order valence-electron chi connectivity index (χ1n) is 6.32. The first kappa shape index (κ1) is 13.3. The summed E-state index contributed by atoms with van der Waals surface area (Å²) in [7, 11) is 1.56. The molecular formula is C14H13N3O4. The van der Waals surface area contributed by atoms with E-state index < -0.39 is 12.5 Å². The van der Waals surface area contributed by atoms with Crippen molar-refractivity contribution in [1.29, 1.82) is 0 Å². The number of aliphatic hydroxyl groups is 1. The Morgan fingerprint density at radius 1 is 1.52 bits per heavy atom. The van der Waals surface area contributed by atoms with Gasteiger partial charge in [-0.15, -0.1) is 0 Å². The van der Waals surface area contributed by atoms with Gasteiger partial charge < -0.3 is 15.2 Å². The molecule has 1 aliphatic heterocycles. The Hall–Kier alpha value is -2.67. The summed E-state index contributed by atoms with van der Waals surface area (Å²) in [5.74, 6) is -0.200. The highest BCUT2D eigenvalue weighted by Crippen LogP contribution is 2.36. The predicted octanol–water partition coefficient (Wildman–Crippen LogP) is 0.521. The molecule has 0 saturated heterocycles. The Labute approximate surface area is 120 Å². The van der Waals surface area contributed by atoms with Gasteiger partial charge in [0.2, 0.25) is 5.91 Å². The first-order valence-corrected chi connectivity index (χ1v) is 6.32. The molecule has 2 heterocycles. The lowest BCUT2D eigenvalue weighted by Gasteiger charge is -2.29. The van der Waals surface area contributed by atoms with Gasteiger partial charge >= 0.3 is 0 Å². The number of ether oxygens (including phenoxy) is 1. The van der Waals surface area contributed by atoms with Crippen molar-refractivity contribution in [3.63, 3.8) is 0 Å². The molecule has 2 amide bonds. The molecule has 1 aromatic heterocycles. The van der Waals surface area contributed by atoms with Crippen LogP contribution in [-0.2, 0) is 9.59 Å². The second kappa shape index (κ2) is 5.02. The van der Waals surface area contributed by atoms with Gasteiger partial charge in [-0.3, -0.25) is 19.5 Å². The molecule has 1 aliphatic rings. The van der Waals surface area contributed by atoms with E-state index in [9.17, 15) is 9.59 Å². The van der Waals surface area contributed by atoms with E-state index in [4.69, 9.17) is 9.84 Å². The van der Waals surface area contributed by atoms with Crippen molar-refractivity contribution in [2.24, 2.45) is 0 Å². The summed E-state index contributed by atoms with van der Waals surface area (Å²) in [5.41, 5.74) is 1.64. The number of benzene rings is 1. The number of pyridine rings is 1. The van der Waals surface area contributed by atoms with Crippen LogP contribution in [0.5, 0.6) is 5.75 Å². The zero-order valence-electron chi connectivity index (χ0n) is 11.3. The summed E-state index contributed by atoms with van der Waals surface area (Å²) in [6, 6.07) is 5.27. The SMILES string of the molecule is COc1ccc2c3c(cnc2c1)N(C(=O)CO)CC(=O)N3. The van der Waals surface area contributed by atoms with Crippen LogP contribution < -0.4 is 15.0 Å². The molecule has 0 bridgehead atoms. The van der Waals surface area contributed by atoms with Crippen molar-refractivity contribution in [3.05, 3.63) is 24.4 Å². The second-order valence-electron chi connectivity index (χ2n) is 4.59. The third-order valence-electron chi connectivity index (χ3n) is 3.35. The molecule has 2 aromatic rings. The lowest BCUT2D eigenvalue weighted by atomic mass is 10.1. The Kier molecular flexibility index (Phi) is 3.19. The summed E-state index contributed by atoms with van der Waals surface area (Å²) < 4.78 is 5.14. The largest absolute Gasteiger partial charge is 0.497 e. The van der Waals surface area contributed by atoms with Gasteiger partial charge in [-0.25, -0.2) is 0 Å². The molecule has 0 saturated carbocycles. The van der Waals surface area contributed by atoms with Crippen LogP contribution in [0.2, 0.25) is 0 Å². The number of hydrogen-bond acceptors (Lipinski definition) is 5. The highest BCUT2D eigenvalue weighted by atomic mass is 16.5. The second-order valence-corrected chi connectivity index (χ2v) is 4.59. The number of amides is 2. The smallest absolute Gasteiger partial charge is 0.253 e. The van der Waals surface area contributed by atoms with Gasteiger partial charge in [0, 0.05) is 11.5 Å². The number of carbonyl (C=O) groups is 2. The first-order chi connectivity index (χ1) is 10.1. The van der Waals surface area contributed by atoms with E-state index in [-0.39, 0.29) is 12.5 Å². The average molecular weight is 287 g/mol. The summed E-state index contributed by atoms with van der Waals surface area (Å²) >= 11 is 0. The van der Waals surface area contributed by atoms with Crippen molar-refractivity contribution in [3.8, 4) is 5.75 Å². The normalized spacial score (nSPS) is 13.8. The molecule has 0 radical (unpaired) electrons. The third kappa shape index (κ3) is 2.17. The molecule has 1 aromatic carbocycles. The zero-order valence-corrected chi connectivity index (χ0v) is 11.3. The number of aromatic nitrogens is 1. The molecular weight excluding hydrogens is 274 g/mol. The monoisotopic (exact) mass is 287 g/mol. The lowest BCUT2D eigenvalue weighted by Crippen LogP contribution is -2.43. The molecule has 0 atom stereocenters. The number of fused-ring (bicyclic) bond motifs is 3. The number of nitrogens with one attached hydrogen (secondary N) is 1. The highest BCUT2D eigenvalue weighted by molar-refractivity contribution is 6.15. The van der Waals surface area contributed by atoms with Crippen LogP contribution in [0.25, 0.3) is 10.9 Å². The van der Waals surface area contributed by atoms with Gasteiger partial charge in [0.1, 0.15) is 18.9 Å². The van der Waals surface area contributed by atoms with Crippen LogP contribution >= 0.6 is 0 Å². The molecule has 0 aliphatic carbocycles. The number of methoxy groups -OCH3 is 1. The van der Waals surface area contributed by atoms with Crippen molar-refractivity contribution in [2.45, 2.75) is 0 Å². The minimum atomic E-state index is -0.659. The molecule has 21 heavy (non-hydrogen) atoms. The summed E-state index contributed by atoms with van der Waals surface area (Å²) in [5, 5.41) is 12.5. The molecule has 0 unspecified atom stereocenters. The van der Waals surface area contributed by atoms with Crippen LogP contribution in [0.15, 0.2) is 24.4 Å². The maximum Gasteiger partial charge on any atom is 0.253 e. The lowest BCUT2D eigenvalue weighted by molar-refractivity contribution is -0.123. The van der Waals surface area contributed by atoms with E-state index in [0.717, 1.165) is 0 Å². The molecule has 7 nitrogen and oxygen atoms in total. The molecule has 2 N–H and O–H groups in total. The maximum atomic E-state index is 11.8. The minimum absolute atomic E-state index is 0.129. The van der Waals surface area contributed by atoms with Gasteiger partial charge in [-0.1, -0.05) is 0 Å². The van der Waals surface area contributed by atoms with E-state index in [2.05, 4.69) is 10.3 Å². The van der Waals surface area contributed by atoms with Gasteiger partial charge in [-0.2, -0.15) is 0 Å². The number of anilines is 2. The van der Waals surface area contributed by atoms with Crippen molar-refractivity contribution in [1.82, 2.24) is 4.98 Å². The van der Waals surface area contributed by atoms with E-state index in [0.29, 0.717) is 28.0 Å². The van der Waals surface area contributed by atoms with E-state index in [1.165, 1.54) is 11.1 Å². The number of nitrogens with zero attached hydrogens (tertiary/aromatic N) is 2. The number of aliphatic hydroxyl groups excluding tert-OH is 1. The zero-order chi connectivity index (χ0) is 15.0. The Balaban J connectivity index is 2.20. The highest BCUT2D eigenvalue weighted by Gasteiger charge is 2.28. The van der Waals surface area contributed by atoms with Crippen molar-refractivity contribution in [2.75, 3.05) is 30.5 Å². The predicted molar refractivity (Wildman–Crippen MR) is 76.4 cm³/mol. The average Bonchev–Trinajstić information content (AvgIpc) is 2.52. The quantitative estimate of drug-likeness (QED) is 0.840. The molecule has 0 fully saturated rings. The molecule has 0 spiro atoms. The molecule has 7 heteroatoms. The Morgan fingerprint density at radius 2 is 2.33 bits per heavy atom. The number of carbonyl (C=O) groups excluding carboxylic acids is 2. The summed E-state index contributed by atoms with van der Waals surface area (Å²) in [4.78, 5) is 29.1. The molecule has 108 valence electrons. The number of hydrogen-bond donors (Lipinski definition) is 2. The van der Waals surface area contributed by atoms with Crippen LogP contribution in [0.4, 0.5) is 11.4 Å². The Morgan fingerprint density at radius 3 is 3.05 bits per heavy atom. The van der Waals surface area contributed by atoms with Crippen LogP contribution in [0, 0.1) is 0 Å². The summed E-state index contributed by atoms with van der Waals surface area (Å²) in [6.45, 7) is -0.789. The van der Waals surface area contributed by atoms with Gasteiger partial charge in [0.15, 0.2) is 0 Å². The van der Waals surface area contributed by atoms with Gasteiger partial charge in [0.25, 0.3) is 5.91 Å². The van der Waals surface area contributed by atoms with Gasteiger partial charge in [-0.05, 0) is 12.1 Å². The molecule has 3 rings (SSSR count). The fourth-order valence-corrected chi connectivity index (χ4v) is 2.34. The van der Waals surface area contributed by atoms with E-state index in [1.807, 2.05) is 0 Å². The third-order valence-corrected chi connectivity index (χ3v) is 3.35. The topological polar surface area (TPSA) is 91.8 Å². The fraction of sp³-hybridized carbons (Fsp3) is 0.214. The summed E-state index contributed by atoms with van der Waals surface area (Å²) in [6.07, 6.45) is 1.50. The van der Waals surface area contributed by atoms with Crippen LogP contribution in [0.1, 0.15) is 0 Å². The number of rotatable bonds is 2. The van der Waals surface area contributed by atoms with Gasteiger partial charge in [0.05, 0.1) is 30.2 Å². The maximum absolute atomic E-state index is 11.8. The fourth-order valence-electron chi connectivity index (χ4n) is 2.34. The van der Waals surface area contributed by atoms with Crippen molar-refractivity contribution >= 4 is 34.1 Å². The minimum Gasteiger partial charge on any atom is -0.497 e. The van der Waals surface area contributed by atoms with Crippen molar-refractivity contribution < 1.29 is 19.4 Å². The van der Waals surface area contributed by atoms with Crippen LogP contribution in [0.3, 0.4) is 0 Å². The van der Waals surface area contributed by atoms with E-state index in [1.54, 1.807) is 25.3 Å². The van der Waals surface area contributed by atoms with E-state index >= 15 is 0 Å². The van der Waals surface area contributed by atoms with Crippen LogP contribution in [-0.4, -0.2) is 42.2 Å². The standard InChI is InChI=1S/C14H13N3O4/c1-21-8-2-3-9-10(4-8)15-5-11-14(9)16-12(19)6-17(11)13(20)7-18/h2-5,18H,6-7H2,1H3,(H,16,19). The Bertz CT molecular complexity index is 744.